The molecule has 0 fully saturated rings. The highest BCUT2D eigenvalue weighted by Crippen LogP contribution is 2.20. The Morgan fingerprint density at radius 3 is 2.26 bits per heavy atom. The maximum atomic E-state index is 11.8. The average molecular weight is 285 g/mol. The van der Waals surface area contributed by atoms with Crippen molar-refractivity contribution in [3.63, 3.8) is 0 Å². The molecule has 0 aliphatic carbocycles. The lowest BCUT2D eigenvalue weighted by Gasteiger charge is -2.29. The Morgan fingerprint density at radius 2 is 1.84 bits per heavy atom. The van der Waals surface area contributed by atoms with Crippen LogP contribution >= 0.6 is 0 Å². The molecule has 0 spiro atoms. The van der Waals surface area contributed by atoms with Gasteiger partial charge < -0.3 is 15.2 Å². The van der Waals surface area contributed by atoms with Crippen LogP contribution < -0.4 is 5.32 Å². The van der Waals surface area contributed by atoms with E-state index in [0.29, 0.717) is 25.8 Å². The number of hydrogen-bond acceptors (Lipinski definition) is 3. The van der Waals surface area contributed by atoms with Gasteiger partial charge >= 0.3 is 12.1 Å². The van der Waals surface area contributed by atoms with Gasteiger partial charge in [0.15, 0.2) is 0 Å². The molecule has 114 valence electrons. The summed E-state index contributed by atoms with van der Waals surface area (Å²) >= 11 is 0. The van der Waals surface area contributed by atoms with E-state index in [1.807, 2.05) is 6.92 Å². The molecule has 0 saturated heterocycles. The maximum absolute atomic E-state index is 11.8. The summed E-state index contributed by atoms with van der Waals surface area (Å²) in [7, 11) is 0. The molecule has 0 amide bonds. The summed E-state index contributed by atoms with van der Waals surface area (Å²) in [5.74, 6) is -0.938. The highest BCUT2D eigenvalue weighted by Gasteiger charge is 2.35. The number of aliphatic carboxylic acids is 1. The van der Waals surface area contributed by atoms with Crippen molar-refractivity contribution in [2.75, 3.05) is 19.8 Å². The predicted molar refractivity (Wildman–Crippen MR) is 65.1 cm³/mol. The second-order valence-corrected chi connectivity index (χ2v) is 4.35. The number of rotatable bonds is 10. The molecular formula is C12H22F3NO3. The van der Waals surface area contributed by atoms with Crippen molar-refractivity contribution >= 4 is 5.97 Å². The van der Waals surface area contributed by atoms with Gasteiger partial charge in [0.25, 0.3) is 0 Å². The van der Waals surface area contributed by atoms with Crippen molar-refractivity contribution < 1.29 is 27.8 Å². The van der Waals surface area contributed by atoms with Gasteiger partial charge in [-0.15, -0.1) is 0 Å². The predicted octanol–water partition coefficient (Wildman–Crippen LogP) is 2.58. The Hall–Kier alpha value is -0.820. The van der Waals surface area contributed by atoms with Crippen LogP contribution in [0.3, 0.4) is 0 Å². The molecule has 0 heterocycles. The van der Waals surface area contributed by atoms with E-state index in [9.17, 15) is 23.1 Å². The summed E-state index contributed by atoms with van der Waals surface area (Å²) in [6.07, 6.45) is -4.03. The first-order valence-electron chi connectivity index (χ1n) is 6.40. The SMILES string of the molecule is CCNC(CC)(CCCOCCC(F)(F)F)C(=O)O. The zero-order valence-electron chi connectivity index (χ0n) is 11.3. The van der Waals surface area contributed by atoms with Gasteiger partial charge in [0.1, 0.15) is 5.54 Å². The van der Waals surface area contributed by atoms with Gasteiger partial charge in [-0.3, -0.25) is 4.79 Å². The molecule has 0 aromatic heterocycles. The summed E-state index contributed by atoms with van der Waals surface area (Å²) < 4.78 is 40.4. The Morgan fingerprint density at radius 1 is 1.21 bits per heavy atom. The van der Waals surface area contributed by atoms with Gasteiger partial charge in [0, 0.05) is 6.61 Å². The molecule has 19 heavy (non-hydrogen) atoms. The molecule has 0 saturated carbocycles. The molecule has 0 aromatic rings. The van der Waals surface area contributed by atoms with Crippen LogP contribution in [0.2, 0.25) is 0 Å². The molecule has 0 aliphatic rings. The number of carboxylic acid groups (broad SMARTS) is 1. The normalized spacial score (nSPS) is 15.2. The van der Waals surface area contributed by atoms with Gasteiger partial charge in [-0.1, -0.05) is 13.8 Å². The molecule has 0 bridgehead atoms. The smallest absolute Gasteiger partial charge is 0.391 e. The van der Waals surface area contributed by atoms with Crippen LogP contribution in [0.4, 0.5) is 13.2 Å². The number of ether oxygens (including phenoxy) is 1. The summed E-state index contributed by atoms with van der Waals surface area (Å²) in [4.78, 5) is 11.2. The van der Waals surface area contributed by atoms with Crippen molar-refractivity contribution in [1.29, 1.82) is 0 Å². The summed E-state index contributed by atoms with van der Waals surface area (Å²) in [5, 5.41) is 12.1. The Bertz CT molecular complexity index is 271. The van der Waals surface area contributed by atoms with E-state index in [-0.39, 0.29) is 13.2 Å². The molecule has 1 atom stereocenters. The lowest BCUT2D eigenvalue weighted by molar-refractivity contribution is -0.146. The van der Waals surface area contributed by atoms with E-state index in [0.717, 1.165) is 0 Å². The number of carbonyl (C=O) groups is 1. The fraction of sp³-hybridized carbons (Fsp3) is 0.917. The highest BCUT2D eigenvalue weighted by atomic mass is 19.4. The number of hydrogen-bond donors (Lipinski definition) is 2. The third-order valence-electron chi connectivity index (χ3n) is 2.95. The van der Waals surface area contributed by atoms with Gasteiger partial charge in [0.2, 0.25) is 0 Å². The topological polar surface area (TPSA) is 58.6 Å². The van der Waals surface area contributed by atoms with Gasteiger partial charge in [-0.25, -0.2) is 0 Å². The first-order chi connectivity index (χ1) is 8.77. The monoisotopic (exact) mass is 285 g/mol. The summed E-state index contributed by atoms with van der Waals surface area (Å²) in [5.41, 5.74) is -1.01. The molecule has 0 rings (SSSR count). The largest absolute Gasteiger partial charge is 0.480 e. The van der Waals surface area contributed by atoms with Crippen LogP contribution in [0, 0.1) is 0 Å². The van der Waals surface area contributed by atoms with Crippen molar-refractivity contribution in [3.05, 3.63) is 0 Å². The van der Waals surface area contributed by atoms with Crippen molar-refractivity contribution in [3.8, 4) is 0 Å². The molecule has 0 aromatic carbocycles. The van der Waals surface area contributed by atoms with E-state index >= 15 is 0 Å². The van der Waals surface area contributed by atoms with Gasteiger partial charge in [-0.2, -0.15) is 13.2 Å². The fourth-order valence-electron chi connectivity index (χ4n) is 1.83. The van der Waals surface area contributed by atoms with Crippen LogP contribution in [0.5, 0.6) is 0 Å². The van der Waals surface area contributed by atoms with Crippen molar-refractivity contribution in [1.82, 2.24) is 5.32 Å². The summed E-state index contributed by atoms with van der Waals surface area (Å²) in [6, 6.07) is 0. The fourth-order valence-corrected chi connectivity index (χ4v) is 1.83. The first-order valence-corrected chi connectivity index (χ1v) is 6.40. The number of halogens is 3. The highest BCUT2D eigenvalue weighted by molar-refractivity contribution is 5.78. The lowest BCUT2D eigenvalue weighted by atomic mass is 9.90. The Kier molecular flexibility index (Phi) is 8.01. The Labute approximate surface area is 111 Å². The zero-order chi connectivity index (χ0) is 14.9. The third-order valence-corrected chi connectivity index (χ3v) is 2.95. The van der Waals surface area contributed by atoms with E-state index in [1.165, 1.54) is 0 Å². The molecule has 1 unspecified atom stereocenters. The minimum Gasteiger partial charge on any atom is -0.480 e. The first kappa shape index (κ1) is 18.2. The molecule has 2 N–H and O–H groups in total. The standard InChI is InChI=1S/C12H22F3NO3/c1-3-11(10(17)18,16-4-2)6-5-8-19-9-7-12(13,14)15/h16H,3-9H2,1-2H3,(H,17,18). The van der Waals surface area contributed by atoms with E-state index < -0.39 is 24.1 Å². The minimum atomic E-state index is -4.21. The molecule has 4 nitrogen and oxygen atoms in total. The number of nitrogens with one attached hydrogen (secondary N) is 1. The third kappa shape index (κ3) is 7.37. The lowest BCUT2D eigenvalue weighted by Crippen LogP contribution is -2.51. The minimum absolute atomic E-state index is 0.135. The summed E-state index contributed by atoms with van der Waals surface area (Å²) in [6.45, 7) is 3.86. The van der Waals surface area contributed by atoms with E-state index in [4.69, 9.17) is 4.74 Å². The number of alkyl halides is 3. The van der Waals surface area contributed by atoms with Crippen molar-refractivity contribution in [2.24, 2.45) is 0 Å². The van der Waals surface area contributed by atoms with Crippen LogP contribution in [0.25, 0.3) is 0 Å². The van der Waals surface area contributed by atoms with Crippen LogP contribution in [-0.4, -0.2) is 42.5 Å². The van der Waals surface area contributed by atoms with Crippen LogP contribution in [0.15, 0.2) is 0 Å². The number of carboxylic acids is 1. The second-order valence-electron chi connectivity index (χ2n) is 4.35. The quantitative estimate of drug-likeness (QED) is 0.606. The zero-order valence-corrected chi connectivity index (χ0v) is 11.3. The molecular weight excluding hydrogens is 263 g/mol. The second kappa shape index (κ2) is 8.37. The molecule has 0 aliphatic heterocycles. The molecule has 7 heteroatoms. The Balaban J connectivity index is 3.98. The van der Waals surface area contributed by atoms with E-state index in [2.05, 4.69) is 5.32 Å². The van der Waals surface area contributed by atoms with Crippen LogP contribution in [-0.2, 0) is 9.53 Å². The van der Waals surface area contributed by atoms with Crippen molar-refractivity contribution in [2.45, 2.75) is 51.2 Å². The van der Waals surface area contributed by atoms with Crippen LogP contribution in [0.1, 0.15) is 39.5 Å². The van der Waals surface area contributed by atoms with Gasteiger partial charge in [-0.05, 0) is 25.8 Å². The van der Waals surface area contributed by atoms with Gasteiger partial charge in [0.05, 0.1) is 13.0 Å². The maximum Gasteiger partial charge on any atom is 0.391 e. The number of likely N-dealkylation sites (N-methyl/N-ethyl adjacent to an activating group) is 1. The molecule has 0 radical (unpaired) electrons. The van der Waals surface area contributed by atoms with E-state index in [1.54, 1.807) is 6.92 Å². The average Bonchev–Trinajstić information content (AvgIpc) is 2.30.